The van der Waals surface area contributed by atoms with E-state index in [-0.39, 0.29) is 17.1 Å². The third-order valence-electron chi connectivity index (χ3n) is 6.70. The van der Waals surface area contributed by atoms with Crippen molar-refractivity contribution in [2.45, 2.75) is 43.9 Å². The largest absolute Gasteiger partial charge is 0.341 e. The number of hydrogen-bond donors (Lipinski definition) is 2. The molecule has 1 unspecified atom stereocenters. The average Bonchev–Trinajstić information content (AvgIpc) is 3.25. The summed E-state index contributed by atoms with van der Waals surface area (Å²) in [6.45, 7) is 7.03. The van der Waals surface area contributed by atoms with Gasteiger partial charge in [-0.15, -0.1) is 11.8 Å². The number of carbonyl (C=O) groups is 2. The first-order chi connectivity index (χ1) is 18.5. The Morgan fingerprint density at radius 2 is 1.53 bits per heavy atom. The van der Waals surface area contributed by atoms with Gasteiger partial charge in [0, 0.05) is 50.2 Å². The van der Waals surface area contributed by atoms with Crippen LogP contribution in [0.3, 0.4) is 0 Å². The number of aromatic nitrogens is 1. The molecule has 0 aliphatic carbocycles. The summed E-state index contributed by atoms with van der Waals surface area (Å²) >= 11 is 1.50. The molecule has 0 aliphatic heterocycles. The maximum atomic E-state index is 13.3. The highest BCUT2D eigenvalue weighted by molar-refractivity contribution is 8.00. The van der Waals surface area contributed by atoms with Crippen LogP contribution in [0.15, 0.2) is 95.9 Å². The van der Waals surface area contributed by atoms with Crippen LogP contribution in [0.25, 0.3) is 21.8 Å². The summed E-state index contributed by atoms with van der Waals surface area (Å²) in [5.41, 5.74) is 5.57. The summed E-state index contributed by atoms with van der Waals surface area (Å²) in [7, 11) is 0. The molecule has 6 heteroatoms. The lowest BCUT2D eigenvalue weighted by Gasteiger charge is -2.16. The van der Waals surface area contributed by atoms with Crippen LogP contribution >= 0.6 is 11.8 Å². The van der Waals surface area contributed by atoms with Crippen LogP contribution in [-0.4, -0.2) is 21.6 Å². The van der Waals surface area contributed by atoms with Crippen molar-refractivity contribution in [2.75, 3.05) is 10.6 Å². The number of fused-ring (bicyclic) bond motifs is 3. The lowest BCUT2D eigenvalue weighted by molar-refractivity contribution is -0.115. The molecule has 0 aliphatic rings. The van der Waals surface area contributed by atoms with Crippen LogP contribution in [-0.2, 0) is 11.3 Å². The molecule has 5 nitrogen and oxygen atoms in total. The third-order valence-corrected chi connectivity index (χ3v) is 8.06. The van der Waals surface area contributed by atoms with Gasteiger partial charge in [0.25, 0.3) is 5.91 Å². The van der Waals surface area contributed by atoms with Gasteiger partial charge in [-0.1, -0.05) is 48.9 Å². The normalized spacial score (nSPS) is 12.0. The van der Waals surface area contributed by atoms with Crippen LogP contribution in [0.4, 0.5) is 11.4 Å². The number of nitrogens with one attached hydrogen (secondary N) is 2. The Labute approximate surface area is 227 Å². The van der Waals surface area contributed by atoms with Gasteiger partial charge in [0.15, 0.2) is 0 Å². The van der Waals surface area contributed by atoms with E-state index < -0.39 is 0 Å². The van der Waals surface area contributed by atoms with Gasteiger partial charge in [-0.05, 0) is 74.9 Å². The fraction of sp³-hybridized carbons (Fsp3) is 0.188. The van der Waals surface area contributed by atoms with Crippen molar-refractivity contribution in [3.8, 4) is 0 Å². The molecule has 0 radical (unpaired) electrons. The van der Waals surface area contributed by atoms with Crippen molar-refractivity contribution in [1.82, 2.24) is 4.57 Å². The standard InChI is InChI=1S/C32H31N3O2S/c1-4-30(38-25-10-8-9-23(19-25)33-31(36)22-15-13-21(3)14-16-22)32(37)34-24-17-18-29-27(20-24)26-11-6-7-12-28(26)35(29)5-2/h6-20,30H,4-5H2,1-3H3,(H,33,36)(H,34,37). The van der Waals surface area contributed by atoms with Gasteiger partial charge >= 0.3 is 0 Å². The number of aryl methyl sites for hydroxylation is 2. The first kappa shape index (κ1) is 25.6. The number of hydrogen-bond acceptors (Lipinski definition) is 3. The van der Waals surface area contributed by atoms with Crippen molar-refractivity contribution in [3.05, 3.63) is 102 Å². The second-order valence-electron chi connectivity index (χ2n) is 9.35. The minimum atomic E-state index is -0.272. The monoisotopic (exact) mass is 521 g/mol. The summed E-state index contributed by atoms with van der Waals surface area (Å²) < 4.78 is 2.30. The molecule has 2 amide bonds. The van der Waals surface area contributed by atoms with Crippen LogP contribution in [0.1, 0.15) is 36.2 Å². The number of nitrogens with zero attached hydrogens (tertiary/aromatic N) is 1. The second-order valence-corrected chi connectivity index (χ2v) is 10.6. The maximum absolute atomic E-state index is 13.3. The van der Waals surface area contributed by atoms with E-state index in [1.54, 1.807) is 0 Å². The van der Waals surface area contributed by atoms with Crippen molar-refractivity contribution in [1.29, 1.82) is 0 Å². The van der Waals surface area contributed by atoms with Gasteiger partial charge in [0.2, 0.25) is 5.91 Å². The molecule has 0 saturated heterocycles. The Morgan fingerprint density at radius 1 is 0.789 bits per heavy atom. The second kappa shape index (κ2) is 11.2. The third kappa shape index (κ3) is 5.31. The van der Waals surface area contributed by atoms with Crippen LogP contribution in [0.5, 0.6) is 0 Å². The zero-order chi connectivity index (χ0) is 26.6. The first-order valence-electron chi connectivity index (χ1n) is 12.9. The Balaban J connectivity index is 1.30. The highest BCUT2D eigenvalue weighted by Gasteiger charge is 2.19. The summed E-state index contributed by atoms with van der Waals surface area (Å²) in [4.78, 5) is 26.8. The summed E-state index contributed by atoms with van der Waals surface area (Å²) in [6.07, 6.45) is 0.674. The van der Waals surface area contributed by atoms with Gasteiger partial charge in [-0.3, -0.25) is 9.59 Å². The number of rotatable bonds is 8. The van der Waals surface area contributed by atoms with Gasteiger partial charge in [0.1, 0.15) is 0 Å². The smallest absolute Gasteiger partial charge is 0.255 e. The molecular formula is C32H31N3O2S. The van der Waals surface area contributed by atoms with Gasteiger partial charge < -0.3 is 15.2 Å². The number of carbonyl (C=O) groups excluding carboxylic acids is 2. The Hall–Kier alpha value is -4.03. The number of amides is 2. The van der Waals surface area contributed by atoms with E-state index in [9.17, 15) is 9.59 Å². The molecule has 0 bridgehead atoms. The molecular weight excluding hydrogens is 490 g/mol. The van der Waals surface area contributed by atoms with E-state index in [0.717, 1.165) is 33.6 Å². The van der Waals surface area contributed by atoms with E-state index in [4.69, 9.17) is 0 Å². The number of thioether (sulfide) groups is 1. The minimum Gasteiger partial charge on any atom is -0.341 e. The number of para-hydroxylation sites is 1. The molecule has 0 spiro atoms. The van der Waals surface area contributed by atoms with Crippen molar-refractivity contribution in [3.63, 3.8) is 0 Å². The van der Waals surface area contributed by atoms with E-state index in [1.165, 1.54) is 22.7 Å². The molecule has 0 fully saturated rings. The van der Waals surface area contributed by atoms with Gasteiger partial charge in [-0.2, -0.15) is 0 Å². The maximum Gasteiger partial charge on any atom is 0.255 e. The van der Waals surface area contributed by atoms with Crippen molar-refractivity contribution < 1.29 is 9.59 Å². The molecule has 1 atom stereocenters. The molecule has 5 aromatic rings. The molecule has 4 aromatic carbocycles. The summed E-state index contributed by atoms with van der Waals surface area (Å²) in [5.74, 6) is -0.193. The number of benzene rings is 4. The fourth-order valence-electron chi connectivity index (χ4n) is 4.74. The zero-order valence-electron chi connectivity index (χ0n) is 21.8. The fourth-order valence-corrected chi connectivity index (χ4v) is 5.75. The van der Waals surface area contributed by atoms with Crippen molar-refractivity contribution in [2.24, 2.45) is 0 Å². The molecule has 5 rings (SSSR count). The molecule has 1 aromatic heterocycles. The topological polar surface area (TPSA) is 63.1 Å². The molecule has 38 heavy (non-hydrogen) atoms. The predicted molar refractivity (Wildman–Crippen MR) is 159 cm³/mol. The van der Waals surface area contributed by atoms with Gasteiger partial charge in [-0.25, -0.2) is 0 Å². The first-order valence-corrected chi connectivity index (χ1v) is 13.8. The molecule has 192 valence electrons. The lowest BCUT2D eigenvalue weighted by atomic mass is 10.1. The lowest BCUT2D eigenvalue weighted by Crippen LogP contribution is -2.24. The Kier molecular flexibility index (Phi) is 7.52. The van der Waals surface area contributed by atoms with E-state index in [0.29, 0.717) is 17.7 Å². The van der Waals surface area contributed by atoms with Gasteiger partial charge in [0.05, 0.1) is 5.25 Å². The Bertz CT molecular complexity index is 1620. The van der Waals surface area contributed by atoms with E-state index in [1.807, 2.05) is 74.5 Å². The average molecular weight is 522 g/mol. The van der Waals surface area contributed by atoms with E-state index >= 15 is 0 Å². The molecule has 0 saturated carbocycles. The summed E-state index contributed by atoms with van der Waals surface area (Å²) in [5, 5.41) is 8.14. The summed E-state index contributed by atoms with van der Waals surface area (Å²) in [6, 6.07) is 29.6. The van der Waals surface area contributed by atoms with Crippen LogP contribution in [0, 0.1) is 6.92 Å². The zero-order valence-corrected chi connectivity index (χ0v) is 22.6. The van der Waals surface area contributed by atoms with Crippen LogP contribution in [0.2, 0.25) is 0 Å². The Morgan fingerprint density at radius 3 is 2.29 bits per heavy atom. The van der Waals surface area contributed by atoms with Crippen molar-refractivity contribution >= 4 is 56.8 Å². The highest BCUT2D eigenvalue weighted by Crippen LogP contribution is 2.32. The van der Waals surface area contributed by atoms with Crippen LogP contribution < -0.4 is 10.6 Å². The predicted octanol–water partition coefficient (Wildman–Crippen LogP) is 7.88. The SMILES string of the molecule is CCC(Sc1cccc(NC(=O)c2ccc(C)cc2)c1)C(=O)Nc1ccc2c(c1)c1ccccc1n2CC. The molecule has 1 heterocycles. The minimum absolute atomic E-state index is 0.0369. The quantitative estimate of drug-likeness (QED) is 0.204. The highest BCUT2D eigenvalue weighted by atomic mass is 32.2. The molecule has 2 N–H and O–H groups in total. The van der Waals surface area contributed by atoms with E-state index in [2.05, 4.69) is 52.5 Å². The number of anilines is 2.